The van der Waals surface area contributed by atoms with Crippen LogP contribution in [0.2, 0.25) is 0 Å². The highest BCUT2D eigenvalue weighted by molar-refractivity contribution is 5.97. The molecule has 0 aliphatic rings. The van der Waals surface area contributed by atoms with Crippen molar-refractivity contribution in [2.24, 2.45) is 0 Å². The first-order valence-electron chi connectivity index (χ1n) is 7.65. The Labute approximate surface area is 126 Å². The lowest BCUT2D eigenvalue weighted by molar-refractivity contribution is 0.924. The number of rotatable bonds is 3. The van der Waals surface area contributed by atoms with Gasteiger partial charge in [-0.1, -0.05) is 49.7 Å². The van der Waals surface area contributed by atoms with Gasteiger partial charge in [0.05, 0.1) is 5.69 Å². The van der Waals surface area contributed by atoms with Crippen molar-refractivity contribution in [3.05, 3.63) is 65.4 Å². The zero-order chi connectivity index (χ0) is 14.8. The zero-order valence-corrected chi connectivity index (χ0v) is 13.0. The number of hydrogen-bond donors (Lipinski definition) is 0. The lowest BCUT2D eigenvalue weighted by Gasteiger charge is -2.13. The van der Waals surface area contributed by atoms with Crippen LogP contribution in [0.15, 0.2) is 48.7 Å². The van der Waals surface area contributed by atoms with E-state index in [0.717, 1.165) is 18.5 Å². The van der Waals surface area contributed by atoms with Crippen LogP contribution in [0.25, 0.3) is 22.0 Å². The summed E-state index contributed by atoms with van der Waals surface area (Å²) in [5.41, 5.74) is 6.34. The zero-order valence-electron chi connectivity index (χ0n) is 13.0. The standard InChI is InChI=1S/C20H21N/c1-4-7-17-11-10-16-8-5-6-9-18(16)20(17)19-12-14(2)15(3)13-21-19/h5-6,8-13H,4,7H2,1-3H3. The van der Waals surface area contributed by atoms with E-state index in [1.807, 2.05) is 6.20 Å². The van der Waals surface area contributed by atoms with Crippen molar-refractivity contribution in [1.29, 1.82) is 0 Å². The van der Waals surface area contributed by atoms with Crippen molar-refractivity contribution >= 4 is 10.8 Å². The van der Waals surface area contributed by atoms with Gasteiger partial charge in [-0.3, -0.25) is 4.98 Å². The summed E-state index contributed by atoms with van der Waals surface area (Å²) in [5.74, 6) is 0. The molecule has 0 aliphatic heterocycles. The minimum atomic E-state index is 1.09. The summed E-state index contributed by atoms with van der Waals surface area (Å²) in [6.45, 7) is 6.50. The molecule has 0 N–H and O–H groups in total. The Balaban J connectivity index is 2.31. The largest absolute Gasteiger partial charge is 0.256 e. The molecule has 0 spiro atoms. The SMILES string of the molecule is CCCc1ccc2ccccc2c1-c1cc(C)c(C)cn1. The lowest BCUT2D eigenvalue weighted by Crippen LogP contribution is -1.95. The van der Waals surface area contributed by atoms with Crippen LogP contribution in [-0.2, 0) is 6.42 Å². The Morgan fingerprint density at radius 1 is 0.952 bits per heavy atom. The van der Waals surface area contributed by atoms with E-state index in [1.54, 1.807) is 0 Å². The van der Waals surface area contributed by atoms with E-state index in [0.29, 0.717) is 0 Å². The minimum absolute atomic E-state index is 1.09. The molecule has 0 aliphatic carbocycles. The van der Waals surface area contributed by atoms with Gasteiger partial charge in [-0.05, 0) is 53.8 Å². The van der Waals surface area contributed by atoms with Crippen molar-refractivity contribution < 1.29 is 0 Å². The van der Waals surface area contributed by atoms with E-state index >= 15 is 0 Å². The van der Waals surface area contributed by atoms with Crippen LogP contribution in [0.1, 0.15) is 30.0 Å². The van der Waals surface area contributed by atoms with Gasteiger partial charge < -0.3 is 0 Å². The Morgan fingerprint density at radius 3 is 2.52 bits per heavy atom. The smallest absolute Gasteiger partial charge is 0.0713 e. The fraction of sp³-hybridized carbons (Fsp3) is 0.250. The predicted octanol–water partition coefficient (Wildman–Crippen LogP) is 5.47. The Bertz CT molecular complexity index is 787. The van der Waals surface area contributed by atoms with Crippen LogP contribution < -0.4 is 0 Å². The van der Waals surface area contributed by atoms with Gasteiger partial charge in [0.1, 0.15) is 0 Å². The van der Waals surface area contributed by atoms with Crippen LogP contribution in [0.5, 0.6) is 0 Å². The maximum atomic E-state index is 4.70. The van der Waals surface area contributed by atoms with Gasteiger partial charge in [-0.25, -0.2) is 0 Å². The summed E-state index contributed by atoms with van der Waals surface area (Å²) < 4.78 is 0. The van der Waals surface area contributed by atoms with Gasteiger partial charge >= 0.3 is 0 Å². The van der Waals surface area contributed by atoms with Crippen molar-refractivity contribution in [3.8, 4) is 11.3 Å². The third-order valence-electron chi connectivity index (χ3n) is 4.16. The van der Waals surface area contributed by atoms with Gasteiger partial charge in [-0.15, -0.1) is 0 Å². The molecule has 0 unspecified atom stereocenters. The van der Waals surface area contributed by atoms with E-state index in [9.17, 15) is 0 Å². The Morgan fingerprint density at radius 2 is 1.76 bits per heavy atom. The second-order valence-corrected chi connectivity index (χ2v) is 5.72. The van der Waals surface area contributed by atoms with Gasteiger partial charge in [0.15, 0.2) is 0 Å². The number of nitrogens with zero attached hydrogens (tertiary/aromatic N) is 1. The summed E-state index contributed by atoms with van der Waals surface area (Å²) in [7, 11) is 0. The van der Waals surface area contributed by atoms with Crippen LogP contribution in [0, 0.1) is 13.8 Å². The molecule has 1 heterocycles. The highest BCUT2D eigenvalue weighted by atomic mass is 14.7. The van der Waals surface area contributed by atoms with Crippen LogP contribution in [0.4, 0.5) is 0 Å². The molecule has 0 atom stereocenters. The first kappa shape index (κ1) is 13.8. The Hall–Kier alpha value is -2.15. The molecule has 2 aromatic carbocycles. The van der Waals surface area contributed by atoms with E-state index in [1.165, 1.54) is 33.0 Å². The molecule has 21 heavy (non-hydrogen) atoms. The number of fused-ring (bicyclic) bond motifs is 1. The second kappa shape index (κ2) is 5.69. The number of aromatic nitrogens is 1. The summed E-state index contributed by atoms with van der Waals surface area (Å²) in [5, 5.41) is 2.59. The van der Waals surface area contributed by atoms with Crippen LogP contribution in [-0.4, -0.2) is 4.98 Å². The number of benzene rings is 2. The second-order valence-electron chi connectivity index (χ2n) is 5.72. The summed E-state index contributed by atoms with van der Waals surface area (Å²) in [4.78, 5) is 4.70. The topological polar surface area (TPSA) is 12.9 Å². The Kier molecular flexibility index (Phi) is 3.74. The fourth-order valence-electron chi connectivity index (χ4n) is 2.86. The molecule has 3 rings (SSSR count). The average molecular weight is 275 g/mol. The van der Waals surface area contributed by atoms with Crippen LogP contribution in [0.3, 0.4) is 0 Å². The van der Waals surface area contributed by atoms with E-state index < -0.39 is 0 Å². The summed E-state index contributed by atoms with van der Waals surface area (Å²) in [6.07, 6.45) is 4.23. The third-order valence-corrected chi connectivity index (χ3v) is 4.16. The molecule has 0 saturated heterocycles. The molecule has 1 nitrogen and oxygen atoms in total. The molecule has 0 radical (unpaired) electrons. The van der Waals surface area contributed by atoms with Gasteiger partial charge in [0, 0.05) is 11.8 Å². The van der Waals surface area contributed by atoms with Crippen molar-refractivity contribution in [1.82, 2.24) is 4.98 Å². The van der Waals surface area contributed by atoms with Gasteiger partial charge in [-0.2, -0.15) is 0 Å². The molecular weight excluding hydrogens is 254 g/mol. The highest BCUT2D eigenvalue weighted by Crippen LogP contribution is 2.32. The normalized spacial score (nSPS) is 11.0. The molecule has 0 bridgehead atoms. The van der Waals surface area contributed by atoms with E-state index in [-0.39, 0.29) is 0 Å². The van der Waals surface area contributed by atoms with Crippen molar-refractivity contribution in [3.63, 3.8) is 0 Å². The van der Waals surface area contributed by atoms with Crippen LogP contribution >= 0.6 is 0 Å². The quantitative estimate of drug-likeness (QED) is 0.617. The van der Waals surface area contributed by atoms with Crippen molar-refractivity contribution in [2.75, 3.05) is 0 Å². The number of aryl methyl sites for hydroxylation is 3. The highest BCUT2D eigenvalue weighted by Gasteiger charge is 2.11. The first-order valence-corrected chi connectivity index (χ1v) is 7.65. The average Bonchev–Trinajstić information content (AvgIpc) is 2.50. The number of pyridine rings is 1. The lowest BCUT2D eigenvalue weighted by atomic mass is 9.93. The first-order chi connectivity index (χ1) is 10.2. The maximum absolute atomic E-state index is 4.70. The van der Waals surface area contributed by atoms with Gasteiger partial charge in [0.2, 0.25) is 0 Å². The molecule has 0 fully saturated rings. The van der Waals surface area contributed by atoms with E-state index in [2.05, 4.69) is 63.2 Å². The predicted molar refractivity (Wildman–Crippen MR) is 90.6 cm³/mol. The molecule has 1 heteroatoms. The fourth-order valence-corrected chi connectivity index (χ4v) is 2.86. The van der Waals surface area contributed by atoms with Crippen molar-refractivity contribution in [2.45, 2.75) is 33.6 Å². The maximum Gasteiger partial charge on any atom is 0.0713 e. The molecule has 3 aromatic rings. The van der Waals surface area contributed by atoms with Gasteiger partial charge in [0.25, 0.3) is 0 Å². The van der Waals surface area contributed by atoms with E-state index in [4.69, 9.17) is 4.98 Å². The molecule has 1 aromatic heterocycles. The minimum Gasteiger partial charge on any atom is -0.256 e. The molecule has 106 valence electrons. The molecule has 0 saturated carbocycles. The molecule has 0 amide bonds. The number of hydrogen-bond acceptors (Lipinski definition) is 1. The molecular formula is C20H21N. The monoisotopic (exact) mass is 275 g/mol. The third kappa shape index (κ3) is 2.56. The summed E-state index contributed by atoms with van der Waals surface area (Å²) >= 11 is 0. The summed E-state index contributed by atoms with van der Waals surface area (Å²) in [6, 6.07) is 15.3.